The molecule has 0 saturated heterocycles. The highest BCUT2D eigenvalue weighted by molar-refractivity contribution is 5.83. The molecule has 0 radical (unpaired) electrons. The Morgan fingerprint density at radius 3 is 2.65 bits per heavy atom. The number of carbonyl (C=O) groups is 2. The van der Waals surface area contributed by atoms with Crippen LogP contribution in [0.5, 0.6) is 0 Å². The molecule has 23 heavy (non-hydrogen) atoms. The Kier molecular flexibility index (Phi) is 3.42. The second kappa shape index (κ2) is 5.04. The minimum atomic E-state index is 0.119. The number of Topliss-reactive ketones (excluding diaryl/α,β-unsaturated/α-hetero) is 2. The first kappa shape index (κ1) is 15.6. The molecule has 0 N–H and O–H groups in total. The first-order valence-electron chi connectivity index (χ1n) is 9.58. The van der Waals surface area contributed by atoms with Crippen molar-refractivity contribution in [2.45, 2.75) is 72.1 Å². The summed E-state index contributed by atoms with van der Waals surface area (Å²) in [6, 6.07) is 0. The van der Waals surface area contributed by atoms with Crippen LogP contribution in [0.1, 0.15) is 72.1 Å². The topological polar surface area (TPSA) is 34.1 Å². The Morgan fingerprint density at radius 1 is 1.13 bits per heavy atom. The maximum Gasteiger partial charge on any atom is 0.137 e. The predicted octanol–water partition coefficient (Wildman–Crippen LogP) is 4.72. The van der Waals surface area contributed by atoms with E-state index in [1.165, 1.54) is 32.1 Å². The van der Waals surface area contributed by atoms with E-state index in [2.05, 4.69) is 19.9 Å². The number of carbonyl (C=O) groups excluding carboxylic acids is 2. The number of rotatable bonds is 1. The molecule has 3 saturated carbocycles. The van der Waals surface area contributed by atoms with E-state index in [1.807, 2.05) is 0 Å². The van der Waals surface area contributed by atoms with Gasteiger partial charge in [0, 0.05) is 18.8 Å². The monoisotopic (exact) mass is 314 g/mol. The molecule has 0 aromatic carbocycles. The molecule has 2 heteroatoms. The molecule has 4 aliphatic carbocycles. The highest BCUT2D eigenvalue weighted by Gasteiger charge is 2.59. The quantitative estimate of drug-likeness (QED) is 0.656. The average molecular weight is 314 g/mol. The van der Waals surface area contributed by atoms with Crippen molar-refractivity contribution in [2.24, 2.45) is 34.5 Å². The van der Waals surface area contributed by atoms with Crippen LogP contribution in [0.15, 0.2) is 11.6 Å². The molecule has 4 rings (SSSR count). The molecule has 2 nitrogen and oxygen atoms in total. The molecule has 0 aromatic rings. The highest BCUT2D eigenvalue weighted by atomic mass is 16.1. The van der Waals surface area contributed by atoms with Gasteiger partial charge in [0.2, 0.25) is 0 Å². The van der Waals surface area contributed by atoms with E-state index < -0.39 is 0 Å². The molecule has 0 spiro atoms. The zero-order chi connectivity index (χ0) is 16.4. The smallest absolute Gasteiger partial charge is 0.137 e. The fraction of sp³-hybridized carbons (Fsp3) is 0.810. The third-order valence-electron chi connectivity index (χ3n) is 8.37. The lowest BCUT2D eigenvalue weighted by Gasteiger charge is -2.57. The fourth-order valence-corrected chi connectivity index (χ4v) is 7.29. The largest absolute Gasteiger partial charge is 0.300 e. The van der Waals surface area contributed by atoms with Gasteiger partial charge in [0.25, 0.3) is 0 Å². The molecule has 0 unspecified atom stereocenters. The molecule has 0 aliphatic heterocycles. The van der Waals surface area contributed by atoms with Crippen LogP contribution in [0.2, 0.25) is 0 Å². The van der Waals surface area contributed by atoms with Crippen molar-refractivity contribution in [1.82, 2.24) is 0 Å². The number of hydrogen-bond donors (Lipinski definition) is 0. The Hall–Kier alpha value is -0.920. The maximum absolute atomic E-state index is 12.1. The summed E-state index contributed by atoms with van der Waals surface area (Å²) in [6.45, 7) is 6.56. The lowest BCUT2D eigenvalue weighted by Crippen LogP contribution is -2.51. The Morgan fingerprint density at radius 2 is 1.91 bits per heavy atom. The Labute approximate surface area is 140 Å². The summed E-state index contributed by atoms with van der Waals surface area (Å²) in [4.78, 5) is 24.3. The molecule has 0 aromatic heterocycles. The van der Waals surface area contributed by atoms with Crippen molar-refractivity contribution in [3.63, 3.8) is 0 Å². The molecular formula is C21H30O2. The lowest BCUT2D eigenvalue weighted by molar-refractivity contribution is -0.129. The minimum absolute atomic E-state index is 0.119. The van der Waals surface area contributed by atoms with Gasteiger partial charge in [-0.15, -0.1) is 0 Å². The van der Waals surface area contributed by atoms with Crippen molar-refractivity contribution < 1.29 is 9.59 Å². The maximum atomic E-state index is 12.1. The third-order valence-corrected chi connectivity index (χ3v) is 8.37. The van der Waals surface area contributed by atoms with Crippen LogP contribution >= 0.6 is 0 Å². The van der Waals surface area contributed by atoms with Crippen molar-refractivity contribution in [3.05, 3.63) is 11.6 Å². The zero-order valence-corrected chi connectivity index (χ0v) is 14.9. The van der Waals surface area contributed by atoms with Crippen molar-refractivity contribution >= 4 is 11.6 Å². The first-order chi connectivity index (χ1) is 10.9. The zero-order valence-electron chi connectivity index (χ0n) is 14.9. The summed E-state index contributed by atoms with van der Waals surface area (Å²) in [5.41, 5.74) is 1.92. The van der Waals surface area contributed by atoms with E-state index in [1.54, 1.807) is 12.5 Å². The third kappa shape index (κ3) is 2.06. The summed E-state index contributed by atoms with van der Waals surface area (Å²) in [5, 5.41) is 0. The molecule has 6 atom stereocenters. The van der Waals surface area contributed by atoms with Gasteiger partial charge in [-0.25, -0.2) is 0 Å². The van der Waals surface area contributed by atoms with Gasteiger partial charge in [-0.05, 0) is 74.0 Å². The summed E-state index contributed by atoms with van der Waals surface area (Å²) in [7, 11) is 0. The van der Waals surface area contributed by atoms with Crippen LogP contribution in [-0.4, -0.2) is 11.6 Å². The summed E-state index contributed by atoms with van der Waals surface area (Å²) in [6.07, 6.45) is 10.9. The number of fused-ring (bicyclic) bond motifs is 5. The summed E-state index contributed by atoms with van der Waals surface area (Å²) < 4.78 is 0. The van der Waals surface area contributed by atoms with E-state index >= 15 is 0 Å². The Bertz CT molecular complexity index is 589. The highest BCUT2D eigenvalue weighted by Crippen LogP contribution is 2.66. The molecular weight excluding hydrogens is 284 g/mol. The van der Waals surface area contributed by atoms with Crippen LogP contribution in [0.4, 0.5) is 0 Å². The van der Waals surface area contributed by atoms with Crippen molar-refractivity contribution in [3.8, 4) is 0 Å². The van der Waals surface area contributed by atoms with E-state index in [9.17, 15) is 9.59 Å². The summed E-state index contributed by atoms with van der Waals surface area (Å²) >= 11 is 0. The van der Waals surface area contributed by atoms with E-state index in [-0.39, 0.29) is 16.7 Å². The van der Waals surface area contributed by atoms with Gasteiger partial charge in [0.1, 0.15) is 11.6 Å². The number of ketones is 2. The molecule has 0 bridgehead atoms. The van der Waals surface area contributed by atoms with Gasteiger partial charge in [-0.1, -0.05) is 25.5 Å². The second-order valence-electron chi connectivity index (χ2n) is 9.27. The standard InChI is InChI=1S/C21H30O2/c1-13(22)17-8-9-18-16-7-5-14-4-6-15(23)12-21(14,3)19(16)10-11-20(17,18)2/h4,16-19H,5-12H2,1-3H3/t16-,17+,18-,19-,20+,21-/m0/s1. The van der Waals surface area contributed by atoms with Crippen LogP contribution in [-0.2, 0) is 9.59 Å². The van der Waals surface area contributed by atoms with Gasteiger partial charge >= 0.3 is 0 Å². The van der Waals surface area contributed by atoms with Crippen LogP contribution < -0.4 is 0 Å². The van der Waals surface area contributed by atoms with Gasteiger partial charge in [-0.3, -0.25) is 9.59 Å². The fourth-order valence-electron chi connectivity index (χ4n) is 7.29. The van der Waals surface area contributed by atoms with E-state index in [4.69, 9.17) is 0 Å². The average Bonchev–Trinajstić information content (AvgIpc) is 2.83. The summed E-state index contributed by atoms with van der Waals surface area (Å²) in [5.74, 6) is 3.21. The lowest BCUT2D eigenvalue weighted by atomic mass is 9.46. The Balaban J connectivity index is 1.68. The van der Waals surface area contributed by atoms with Crippen molar-refractivity contribution in [2.75, 3.05) is 0 Å². The SMILES string of the molecule is CC(=O)[C@H]1CC[C@H]2[C@@H]3CCC4=CCC(=O)C[C@]4(C)[C@H]3CC[C@]12C. The molecule has 0 amide bonds. The second-order valence-corrected chi connectivity index (χ2v) is 9.27. The van der Waals surface area contributed by atoms with Gasteiger partial charge in [0.15, 0.2) is 0 Å². The molecule has 3 fully saturated rings. The number of hydrogen-bond acceptors (Lipinski definition) is 2. The van der Waals surface area contributed by atoms with Crippen LogP contribution in [0, 0.1) is 34.5 Å². The molecule has 0 heterocycles. The van der Waals surface area contributed by atoms with Crippen LogP contribution in [0.3, 0.4) is 0 Å². The normalized spacial score (nSPS) is 49.0. The van der Waals surface area contributed by atoms with Crippen LogP contribution in [0.25, 0.3) is 0 Å². The van der Waals surface area contributed by atoms with Gasteiger partial charge in [-0.2, -0.15) is 0 Å². The van der Waals surface area contributed by atoms with E-state index in [0.717, 1.165) is 18.8 Å². The molecule has 126 valence electrons. The van der Waals surface area contributed by atoms with E-state index in [0.29, 0.717) is 29.8 Å². The van der Waals surface area contributed by atoms with Gasteiger partial charge in [0.05, 0.1) is 0 Å². The number of allylic oxidation sites excluding steroid dienone is 2. The molecule has 4 aliphatic rings. The minimum Gasteiger partial charge on any atom is -0.300 e. The van der Waals surface area contributed by atoms with Gasteiger partial charge < -0.3 is 0 Å². The van der Waals surface area contributed by atoms with Crippen molar-refractivity contribution in [1.29, 1.82) is 0 Å². The first-order valence-corrected chi connectivity index (χ1v) is 9.58. The predicted molar refractivity (Wildman–Crippen MR) is 90.9 cm³/mol.